The molecule has 1 N–H and O–H groups in total. The molecule has 3 aromatic heterocycles. The summed E-state index contributed by atoms with van der Waals surface area (Å²) in [7, 11) is 0. The van der Waals surface area contributed by atoms with Gasteiger partial charge >= 0.3 is 5.63 Å². The minimum atomic E-state index is -0.518. The number of benzene rings is 3. The molecule has 0 radical (unpaired) electrons. The minimum absolute atomic E-state index is 0.242. The Kier molecular flexibility index (Phi) is 5.59. The van der Waals surface area contributed by atoms with Crippen LogP contribution < -0.4 is 11.1 Å². The summed E-state index contributed by atoms with van der Waals surface area (Å²) in [5.41, 5.74) is 5.44. The second-order valence-corrected chi connectivity index (χ2v) is 8.29. The number of rotatable bonds is 5. The fourth-order valence-corrected chi connectivity index (χ4v) is 4.04. The summed E-state index contributed by atoms with van der Waals surface area (Å²) in [6.45, 7) is 0. The van der Waals surface area contributed by atoms with Crippen molar-refractivity contribution in [1.82, 2.24) is 20.2 Å². The highest BCUT2D eigenvalue weighted by Crippen LogP contribution is 2.23. The molecule has 0 aliphatic rings. The number of hydrogen-bond donors (Lipinski definition) is 1. The van der Waals surface area contributed by atoms with Crippen LogP contribution in [0.15, 0.2) is 118 Å². The van der Waals surface area contributed by atoms with Crippen LogP contribution in [-0.4, -0.2) is 26.9 Å². The lowest BCUT2D eigenvalue weighted by molar-refractivity contribution is 0.0950. The molecule has 8 nitrogen and oxygen atoms in total. The van der Waals surface area contributed by atoms with Crippen molar-refractivity contribution in [2.45, 2.75) is 0 Å². The van der Waals surface area contributed by atoms with Crippen molar-refractivity contribution in [3.63, 3.8) is 0 Å². The third-order valence-electron chi connectivity index (χ3n) is 5.86. The molecule has 0 fully saturated rings. The molecule has 37 heavy (non-hydrogen) atoms. The fraction of sp³-hybridized carbons (Fsp3) is 0. The van der Waals surface area contributed by atoms with Crippen molar-refractivity contribution in [1.29, 1.82) is 0 Å². The van der Waals surface area contributed by atoms with Crippen LogP contribution in [0, 0.1) is 0 Å². The van der Waals surface area contributed by atoms with Gasteiger partial charge in [0.1, 0.15) is 17.0 Å². The largest absolute Gasteiger partial charge is 0.422 e. The number of para-hydroxylation sites is 3. The maximum absolute atomic E-state index is 12.9. The zero-order chi connectivity index (χ0) is 25.2. The lowest BCUT2D eigenvalue weighted by Crippen LogP contribution is -2.19. The average molecular weight is 486 g/mol. The Labute approximate surface area is 210 Å². The summed E-state index contributed by atoms with van der Waals surface area (Å²) in [4.78, 5) is 29.9. The lowest BCUT2D eigenvalue weighted by Gasteiger charge is -2.02. The molecular weight excluding hydrogens is 466 g/mol. The number of carbonyl (C=O) groups excluding carboxylic acids is 1. The van der Waals surface area contributed by atoms with Gasteiger partial charge in [0.15, 0.2) is 0 Å². The van der Waals surface area contributed by atoms with Gasteiger partial charge in [0.25, 0.3) is 5.91 Å². The number of aromatic nitrogens is 3. The molecule has 1 amide bonds. The van der Waals surface area contributed by atoms with Crippen LogP contribution in [0.2, 0.25) is 0 Å². The molecule has 3 aromatic carbocycles. The second kappa shape index (κ2) is 9.35. The van der Waals surface area contributed by atoms with Gasteiger partial charge in [0, 0.05) is 22.5 Å². The van der Waals surface area contributed by atoms with Gasteiger partial charge in [-0.3, -0.25) is 4.79 Å². The Morgan fingerprint density at radius 2 is 1.65 bits per heavy atom. The zero-order valence-electron chi connectivity index (χ0n) is 19.4. The van der Waals surface area contributed by atoms with Crippen molar-refractivity contribution < 1.29 is 9.21 Å². The molecule has 6 rings (SSSR count). The summed E-state index contributed by atoms with van der Waals surface area (Å²) in [6.07, 6.45) is 3.19. The van der Waals surface area contributed by atoms with Gasteiger partial charge in [-0.1, -0.05) is 60.7 Å². The third kappa shape index (κ3) is 4.39. The molecular formula is C29H19N5O3. The standard InChI is InChI=1S/C29H19N5O3/c35-28(25-15-14-19-8-4-6-12-24(19)31-25)32-30-17-21-18-34(22-10-2-1-3-11-22)33-27(21)23-16-20-9-5-7-13-26(20)37-29(23)36/h1-18H,(H,32,35)/b30-17+. The molecule has 6 aromatic rings. The van der Waals surface area contributed by atoms with E-state index >= 15 is 0 Å². The monoisotopic (exact) mass is 485 g/mol. The normalized spacial score (nSPS) is 11.4. The van der Waals surface area contributed by atoms with Crippen molar-refractivity contribution in [2.75, 3.05) is 0 Å². The van der Waals surface area contributed by atoms with E-state index in [1.807, 2.05) is 72.8 Å². The van der Waals surface area contributed by atoms with E-state index in [0.717, 1.165) is 16.5 Å². The summed E-state index contributed by atoms with van der Waals surface area (Å²) in [6, 6.07) is 29.5. The zero-order valence-corrected chi connectivity index (χ0v) is 19.4. The van der Waals surface area contributed by atoms with Gasteiger partial charge in [0.05, 0.1) is 23.0 Å². The van der Waals surface area contributed by atoms with Crippen LogP contribution in [0.25, 0.3) is 38.8 Å². The van der Waals surface area contributed by atoms with E-state index in [1.165, 1.54) is 6.21 Å². The van der Waals surface area contributed by atoms with Gasteiger partial charge in [-0.25, -0.2) is 19.9 Å². The summed E-state index contributed by atoms with van der Waals surface area (Å²) in [5, 5.41) is 10.5. The lowest BCUT2D eigenvalue weighted by atomic mass is 10.1. The first-order valence-corrected chi connectivity index (χ1v) is 11.5. The predicted octanol–water partition coefficient (Wildman–Crippen LogP) is 4.96. The fourth-order valence-electron chi connectivity index (χ4n) is 4.04. The maximum Gasteiger partial charge on any atom is 0.345 e. The van der Waals surface area contributed by atoms with Crippen molar-refractivity contribution in [3.05, 3.63) is 125 Å². The van der Waals surface area contributed by atoms with Crippen LogP contribution in [-0.2, 0) is 0 Å². The maximum atomic E-state index is 12.9. The molecule has 0 aliphatic carbocycles. The molecule has 0 aliphatic heterocycles. The number of carbonyl (C=O) groups is 1. The molecule has 3 heterocycles. The molecule has 0 atom stereocenters. The van der Waals surface area contributed by atoms with Crippen molar-refractivity contribution in [3.8, 4) is 16.9 Å². The molecule has 0 saturated carbocycles. The summed E-state index contributed by atoms with van der Waals surface area (Å²) >= 11 is 0. The Hall–Kier alpha value is -5.37. The van der Waals surface area contributed by atoms with E-state index in [0.29, 0.717) is 22.4 Å². The Morgan fingerprint density at radius 1 is 0.892 bits per heavy atom. The van der Waals surface area contributed by atoms with Crippen LogP contribution in [0.4, 0.5) is 0 Å². The van der Waals surface area contributed by atoms with Crippen LogP contribution in [0.5, 0.6) is 0 Å². The Bertz CT molecular complexity index is 1860. The van der Waals surface area contributed by atoms with Gasteiger partial charge in [0.2, 0.25) is 0 Å². The quantitative estimate of drug-likeness (QED) is 0.211. The van der Waals surface area contributed by atoms with E-state index in [4.69, 9.17) is 4.42 Å². The van der Waals surface area contributed by atoms with E-state index < -0.39 is 11.5 Å². The number of hydrazone groups is 1. The van der Waals surface area contributed by atoms with Gasteiger partial charge in [-0.2, -0.15) is 10.2 Å². The van der Waals surface area contributed by atoms with Crippen molar-refractivity contribution >= 4 is 34.0 Å². The van der Waals surface area contributed by atoms with Gasteiger partial charge < -0.3 is 4.42 Å². The van der Waals surface area contributed by atoms with E-state index in [2.05, 4.69) is 20.6 Å². The Balaban J connectivity index is 1.36. The molecule has 8 heteroatoms. The first-order valence-electron chi connectivity index (χ1n) is 11.5. The molecule has 0 unspecified atom stereocenters. The number of nitrogens with one attached hydrogen (secondary N) is 1. The van der Waals surface area contributed by atoms with Crippen LogP contribution >= 0.6 is 0 Å². The number of amides is 1. The highest BCUT2D eigenvalue weighted by molar-refractivity contribution is 5.96. The average Bonchev–Trinajstić information content (AvgIpc) is 3.36. The Morgan fingerprint density at radius 3 is 2.51 bits per heavy atom. The molecule has 0 saturated heterocycles. The highest BCUT2D eigenvalue weighted by atomic mass is 16.4. The van der Waals surface area contributed by atoms with E-state index in [-0.39, 0.29) is 11.3 Å². The highest BCUT2D eigenvalue weighted by Gasteiger charge is 2.17. The van der Waals surface area contributed by atoms with Gasteiger partial charge in [-0.15, -0.1) is 0 Å². The van der Waals surface area contributed by atoms with Crippen molar-refractivity contribution in [2.24, 2.45) is 5.10 Å². The summed E-state index contributed by atoms with van der Waals surface area (Å²) < 4.78 is 7.18. The SMILES string of the molecule is O=C(N/N=C/c1cn(-c2ccccc2)nc1-c1cc2ccccc2oc1=O)c1ccc2ccccc2n1. The first kappa shape index (κ1) is 22.1. The predicted molar refractivity (Wildman–Crippen MR) is 142 cm³/mol. The molecule has 178 valence electrons. The minimum Gasteiger partial charge on any atom is -0.422 e. The van der Waals surface area contributed by atoms with E-state index in [1.54, 1.807) is 35.1 Å². The van der Waals surface area contributed by atoms with Crippen LogP contribution in [0.1, 0.15) is 16.1 Å². The first-order chi connectivity index (χ1) is 18.2. The van der Waals surface area contributed by atoms with Crippen LogP contribution in [0.3, 0.4) is 0 Å². The number of nitrogens with zero attached hydrogens (tertiary/aromatic N) is 4. The smallest absolute Gasteiger partial charge is 0.345 e. The third-order valence-corrected chi connectivity index (χ3v) is 5.86. The topological polar surface area (TPSA) is 102 Å². The summed E-state index contributed by atoms with van der Waals surface area (Å²) in [5.74, 6) is -0.454. The van der Waals surface area contributed by atoms with Gasteiger partial charge in [-0.05, 0) is 36.4 Å². The molecule has 0 spiro atoms. The number of fused-ring (bicyclic) bond motifs is 2. The molecule has 0 bridgehead atoms. The number of pyridine rings is 1. The van der Waals surface area contributed by atoms with E-state index in [9.17, 15) is 9.59 Å². The second-order valence-electron chi connectivity index (χ2n) is 8.29. The number of hydrogen-bond acceptors (Lipinski definition) is 6.